The van der Waals surface area contributed by atoms with Crippen LogP contribution in [0.4, 0.5) is 0 Å². The molecule has 2 unspecified atom stereocenters. The minimum Gasteiger partial charge on any atom is -0.480 e. The van der Waals surface area contributed by atoms with Crippen molar-refractivity contribution in [3.05, 3.63) is 12.2 Å². The molecule has 0 aliphatic carbocycles. The molecule has 0 heterocycles. The molecule has 36 nitrogen and oxygen atoms in total. The maximum atomic E-state index is 14.0. The Morgan fingerprint density at radius 2 is 0.486 bits per heavy atom. The highest BCUT2D eigenvalue weighted by Gasteiger charge is 2.38. The van der Waals surface area contributed by atoms with Gasteiger partial charge in [-0.25, -0.2) is 0 Å². The number of hydrogen-bond donors (Lipinski definition) is 10. The molecule has 0 saturated carbocycles. The van der Waals surface area contributed by atoms with Crippen LogP contribution in [-0.2, 0) is 95.8 Å². The molecule has 10 N–H and O–H groups in total. The zero-order chi connectivity index (χ0) is 55.7. The largest absolute Gasteiger partial charge is 0.480 e. The first-order valence-corrected chi connectivity index (χ1v) is 19.2. The van der Waals surface area contributed by atoms with Crippen molar-refractivity contribution in [2.45, 2.75) is 25.0 Å². The molecule has 36 heteroatoms. The SMILES string of the molecule is O=C(O)CN(CC(=O)O)C(=O)/C=C/C(=O)N(CC(=O)O)CC(=O)OC(CC(=O)N(CC(=O)O)CC(=O)O)C(=O)N(CC(=O)O)CC(=O)OC(CC(=O)N(CC(=O)O)CC(=O)O)C(=O)N(CC(=O)O)CC(=O)O. The van der Waals surface area contributed by atoms with Crippen LogP contribution in [0.5, 0.6) is 0 Å². The van der Waals surface area contributed by atoms with Gasteiger partial charge < -0.3 is 89.9 Å². The van der Waals surface area contributed by atoms with Gasteiger partial charge in [-0.3, -0.25) is 86.3 Å². The number of carbonyl (C=O) groups excluding carboxylic acids is 8. The summed E-state index contributed by atoms with van der Waals surface area (Å²) in [4.78, 5) is 220. The molecule has 396 valence electrons. The van der Waals surface area contributed by atoms with E-state index >= 15 is 0 Å². The second-order valence-electron chi connectivity index (χ2n) is 13.9. The number of ether oxygens (including phenoxy) is 2. The van der Waals surface area contributed by atoms with E-state index in [2.05, 4.69) is 0 Å². The van der Waals surface area contributed by atoms with Crippen molar-refractivity contribution in [3.63, 3.8) is 0 Å². The molecule has 0 aromatic carbocycles. The van der Waals surface area contributed by atoms with Crippen LogP contribution >= 0.6 is 0 Å². The topological polar surface area (TPSA) is 547 Å². The maximum absolute atomic E-state index is 14.0. The molecule has 0 rings (SSSR count). The van der Waals surface area contributed by atoms with Crippen molar-refractivity contribution in [1.29, 1.82) is 0 Å². The van der Waals surface area contributed by atoms with Crippen molar-refractivity contribution in [2.24, 2.45) is 0 Å². The summed E-state index contributed by atoms with van der Waals surface area (Å²) in [6.45, 7) is -17.8. The van der Waals surface area contributed by atoms with Gasteiger partial charge in [0.15, 0.2) is 12.2 Å². The normalized spacial score (nSPS) is 11.3. The molecule has 0 bridgehead atoms. The molecule has 0 aliphatic rings. The van der Waals surface area contributed by atoms with Crippen LogP contribution in [0.25, 0.3) is 0 Å². The number of amides is 6. The lowest BCUT2D eigenvalue weighted by Gasteiger charge is -2.29. The summed E-state index contributed by atoms with van der Waals surface area (Å²) in [5.74, 6) is -33.0. The highest BCUT2D eigenvalue weighted by atomic mass is 16.6. The first-order chi connectivity index (χ1) is 33.2. The minimum absolute atomic E-state index is 0.0138. The third-order valence-electron chi connectivity index (χ3n) is 8.04. The molecule has 2 atom stereocenters. The Morgan fingerprint density at radius 3 is 0.736 bits per heavy atom. The van der Waals surface area contributed by atoms with E-state index in [0.717, 1.165) is 0 Å². The van der Waals surface area contributed by atoms with E-state index in [1.54, 1.807) is 0 Å². The molecule has 0 spiro atoms. The fourth-order valence-corrected chi connectivity index (χ4v) is 5.34. The fraction of sp³-hybridized carbons (Fsp3) is 0.444. The van der Waals surface area contributed by atoms with Gasteiger partial charge in [0.05, 0.1) is 12.8 Å². The van der Waals surface area contributed by atoms with Gasteiger partial charge in [-0.2, -0.15) is 0 Å². The molecule has 0 radical (unpaired) electrons. The van der Waals surface area contributed by atoms with Gasteiger partial charge in [-0.15, -0.1) is 0 Å². The van der Waals surface area contributed by atoms with Crippen LogP contribution in [-0.4, -0.2) is 278 Å². The van der Waals surface area contributed by atoms with E-state index < -0.39 is 211 Å². The number of nitrogens with zero attached hydrogens (tertiary/aromatic N) is 6. The van der Waals surface area contributed by atoms with Crippen molar-refractivity contribution < 1.29 is 147 Å². The first-order valence-electron chi connectivity index (χ1n) is 19.2. The highest BCUT2D eigenvalue weighted by molar-refractivity contribution is 6.01. The Labute approximate surface area is 398 Å². The van der Waals surface area contributed by atoms with Crippen molar-refractivity contribution >= 4 is 107 Å². The summed E-state index contributed by atoms with van der Waals surface area (Å²) in [6.07, 6.45) is -8.45. The molecule has 0 saturated heterocycles. The first kappa shape index (κ1) is 62.2. The molecular weight excluding hydrogens is 996 g/mol. The third-order valence-corrected chi connectivity index (χ3v) is 8.04. The Balaban J connectivity index is 7.39. The van der Waals surface area contributed by atoms with Gasteiger partial charge in [-0.1, -0.05) is 0 Å². The summed E-state index contributed by atoms with van der Waals surface area (Å²) in [5.41, 5.74) is 0. The van der Waals surface area contributed by atoms with Crippen LogP contribution in [0, 0.1) is 0 Å². The Morgan fingerprint density at radius 1 is 0.292 bits per heavy atom. The zero-order valence-corrected chi connectivity index (χ0v) is 36.5. The molecule has 0 aromatic heterocycles. The Bertz CT molecular complexity index is 2180. The number of carbonyl (C=O) groups is 18. The van der Waals surface area contributed by atoms with Gasteiger partial charge in [0.25, 0.3) is 11.8 Å². The van der Waals surface area contributed by atoms with E-state index in [1.165, 1.54) is 0 Å². The summed E-state index contributed by atoms with van der Waals surface area (Å²) >= 11 is 0. The monoisotopic (exact) mass is 1040 g/mol. The Hall–Kier alpha value is -9.80. The molecule has 0 aromatic rings. The molecule has 72 heavy (non-hydrogen) atoms. The van der Waals surface area contributed by atoms with Crippen LogP contribution in [0.3, 0.4) is 0 Å². The lowest BCUT2D eigenvalue weighted by Crippen LogP contribution is -2.51. The van der Waals surface area contributed by atoms with E-state index in [0.29, 0.717) is 0 Å². The lowest BCUT2D eigenvalue weighted by molar-refractivity contribution is -0.171. The lowest BCUT2D eigenvalue weighted by atomic mass is 10.1. The predicted octanol–water partition coefficient (Wildman–Crippen LogP) is -8.04. The average molecular weight is 1040 g/mol. The standard InChI is InChI=1S/C36H42N6O30/c43-19(37(5-23(47)48)6-24(49)50)1-2-20(44)40(11-29(59)60)15-33(67)71-18(4-22(46)39(9-27(55)56)10-28(57)58)36(70)42(14-32(65)66)16-34(68)72-17(35(69)41(12-30(61)62)13-31(63)64)3-21(45)38(7-25(51)52)8-26(53)54/h1-2,17-18H,3-16H2,(H,47,48)(H,49,50)(H,51,52)(H,53,54)(H,55,56)(H,57,58)(H,59,60)(H,61,62)(H,63,64)(H,65,66)/b2-1+. The number of esters is 2. The van der Waals surface area contributed by atoms with E-state index in [1.807, 2.05) is 0 Å². The van der Waals surface area contributed by atoms with E-state index in [9.17, 15) is 117 Å². The number of rotatable bonds is 34. The summed E-state index contributed by atoms with van der Waals surface area (Å²) in [7, 11) is 0. The number of carboxylic acids is 10. The molecule has 0 fully saturated rings. The maximum Gasteiger partial charge on any atom is 0.326 e. The summed E-state index contributed by atoms with van der Waals surface area (Å²) in [5, 5.41) is 92.2. The fourth-order valence-electron chi connectivity index (χ4n) is 5.34. The highest BCUT2D eigenvalue weighted by Crippen LogP contribution is 2.14. The molecular formula is C36H42N6O30. The van der Waals surface area contributed by atoms with Crippen LogP contribution in [0.2, 0.25) is 0 Å². The molecule has 6 amide bonds. The van der Waals surface area contributed by atoms with Gasteiger partial charge in [0, 0.05) is 12.2 Å². The van der Waals surface area contributed by atoms with E-state index in [4.69, 9.17) is 29.9 Å². The van der Waals surface area contributed by atoms with Gasteiger partial charge >= 0.3 is 71.6 Å². The van der Waals surface area contributed by atoms with Crippen LogP contribution < -0.4 is 0 Å². The van der Waals surface area contributed by atoms with Gasteiger partial charge in [0.2, 0.25) is 23.6 Å². The third kappa shape index (κ3) is 25.4. The summed E-state index contributed by atoms with van der Waals surface area (Å²) in [6, 6.07) is 0. The van der Waals surface area contributed by atoms with Crippen molar-refractivity contribution in [2.75, 3.05) is 78.5 Å². The second-order valence-corrected chi connectivity index (χ2v) is 13.9. The van der Waals surface area contributed by atoms with Crippen molar-refractivity contribution in [1.82, 2.24) is 29.4 Å². The zero-order valence-electron chi connectivity index (χ0n) is 36.5. The Kier molecular flexibility index (Phi) is 25.8. The number of hydrogen-bond acceptors (Lipinski definition) is 20. The average Bonchev–Trinajstić information content (AvgIpc) is 3.21. The number of carboxylic acid groups (broad SMARTS) is 10. The van der Waals surface area contributed by atoms with E-state index in [-0.39, 0.29) is 41.6 Å². The summed E-state index contributed by atoms with van der Waals surface area (Å²) < 4.78 is 9.79. The smallest absolute Gasteiger partial charge is 0.326 e. The minimum atomic E-state index is -2.86. The quantitative estimate of drug-likeness (QED) is 0.0211. The van der Waals surface area contributed by atoms with Crippen LogP contribution in [0.15, 0.2) is 12.2 Å². The second kappa shape index (κ2) is 29.8. The number of aliphatic carboxylic acids is 10. The van der Waals surface area contributed by atoms with Crippen molar-refractivity contribution in [3.8, 4) is 0 Å². The predicted molar refractivity (Wildman–Crippen MR) is 214 cm³/mol. The van der Waals surface area contributed by atoms with Gasteiger partial charge in [0.1, 0.15) is 78.5 Å². The molecule has 0 aliphatic heterocycles. The van der Waals surface area contributed by atoms with Crippen LogP contribution in [0.1, 0.15) is 12.8 Å². The van der Waals surface area contributed by atoms with Gasteiger partial charge in [-0.05, 0) is 0 Å².